The van der Waals surface area contributed by atoms with Crippen LogP contribution >= 0.6 is 11.3 Å². The molecular weight excluding hydrogens is 242 g/mol. The summed E-state index contributed by atoms with van der Waals surface area (Å²) in [6.07, 6.45) is 0. The molecule has 0 bridgehead atoms. The average Bonchev–Trinajstić information content (AvgIpc) is 3.08. The Bertz CT molecular complexity index is 626. The molecule has 1 aromatic carbocycles. The van der Waals surface area contributed by atoms with Gasteiger partial charge in [-0.3, -0.25) is 0 Å². The largest absolute Gasteiger partial charge is 0.325 e. The molecule has 0 saturated heterocycles. The molecule has 0 radical (unpaired) electrons. The van der Waals surface area contributed by atoms with Crippen molar-refractivity contribution in [1.82, 2.24) is 9.78 Å². The van der Waals surface area contributed by atoms with Crippen molar-refractivity contribution in [3.63, 3.8) is 0 Å². The molecule has 4 heteroatoms. The number of hydrogen-bond donors (Lipinski definition) is 1. The van der Waals surface area contributed by atoms with E-state index >= 15 is 0 Å². The molecule has 3 nitrogen and oxygen atoms in total. The van der Waals surface area contributed by atoms with Crippen LogP contribution in [0.5, 0.6) is 0 Å². The molecule has 0 fully saturated rings. The summed E-state index contributed by atoms with van der Waals surface area (Å²) in [4.78, 5) is 1.20. The Morgan fingerprint density at radius 2 is 1.94 bits per heavy atom. The highest BCUT2D eigenvalue weighted by molar-refractivity contribution is 7.13. The summed E-state index contributed by atoms with van der Waals surface area (Å²) in [7, 11) is 0. The van der Waals surface area contributed by atoms with E-state index in [0.717, 1.165) is 17.1 Å². The summed E-state index contributed by atoms with van der Waals surface area (Å²) in [6.45, 7) is 0.457. The first-order valence-electron chi connectivity index (χ1n) is 5.77. The SMILES string of the molecule is NCc1cc(-c2cccs2)n(-c2ccccc2)n1. The highest BCUT2D eigenvalue weighted by atomic mass is 32.1. The van der Waals surface area contributed by atoms with Crippen LogP contribution in [0.25, 0.3) is 16.3 Å². The normalized spacial score (nSPS) is 10.7. The quantitative estimate of drug-likeness (QED) is 0.781. The minimum atomic E-state index is 0.457. The van der Waals surface area contributed by atoms with Gasteiger partial charge in [0.05, 0.1) is 22.0 Å². The van der Waals surface area contributed by atoms with Gasteiger partial charge in [0.2, 0.25) is 0 Å². The maximum absolute atomic E-state index is 5.69. The molecule has 0 amide bonds. The Labute approximate surface area is 109 Å². The zero-order chi connectivity index (χ0) is 12.4. The number of thiophene rings is 1. The number of benzene rings is 1. The van der Waals surface area contributed by atoms with Crippen molar-refractivity contribution in [3.05, 3.63) is 59.6 Å². The Hall–Kier alpha value is -1.91. The fourth-order valence-electron chi connectivity index (χ4n) is 1.90. The summed E-state index contributed by atoms with van der Waals surface area (Å²) in [6, 6.07) is 16.3. The lowest BCUT2D eigenvalue weighted by Crippen LogP contribution is -2.01. The third kappa shape index (κ3) is 1.96. The molecule has 3 rings (SSSR count). The zero-order valence-corrected chi connectivity index (χ0v) is 10.6. The first kappa shape index (κ1) is 11.2. The molecule has 0 aliphatic rings. The van der Waals surface area contributed by atoms with Crippen LogP contribution in [-0.4, -0.2) is 9.78 Å². The van der Waals surface area contributed by atoms with Crippen molar-refractivity contribution >= 4 is 11.3 Å². The first-order chi connectivity index (χ1) is 8.88. The van der Waals surface area contributed by atoms with Gasteiger partial charge in [-0.25, -0.2) is 4.68 Å². The lowest BCUT2D eigenvalue weighted by molar-refractivity contribution is 0.839. The fraction of sp³-hybridized carbons (Fsp3) is 0.0714. The number of aromatic nitrogens is 2. The Morgan fingerprint density at radius 1 is 1.11 bits per heavy atom. The molecule has 2 N–H and O–H groups in total. The van der Waals surface area contributed by atoms with Gasteiger partial charge in [-0.2, -0.15) is 5.10 Å². The minimum absolute atomic E-state index is 0.457. The summed E-state index contributed by atoms with van der Waals surface area (Å²) < 4.78 is 1.95. The Morgan fingerprint density at radius 3 is 2.61 bits per heavy atom. The Kier molecular flexibility index (Phi) is 2.96. The number of hydrogen-bond acceptors (Lipinski definition) is 3. The van der Waals surface area contributed by atoms with E-state index in [1.54, 1.807) is 11.3 Å². The first-order valence-corrected chi connectivity index (χ1v) is 6.65. The van der Waals surface area contributed by atoms with Crippen molar-refractivity contribution in [3.8, 4) is 16.3 Å². The fourth-order valence-corrected chi connectivity index (χ4v) is 2.62. The molecule has 0 aliphatic heterocycles. The van der Waals surface area contributed by atoms with Gasteiger partial charge in [0.1, 0.15) is 0 Å². The maximum atomic E-state index is 5.69. The van der Waals surface area contributed by atoms with Crippen molar-refractivity contribution in [2.24, 2.45) is 5.73 Å². The topological polar surface area (TPSA) is 43.8 Å². The number of nitrogens with zero attached hydrogens (tertiary/aromatic N) is 2. The summed E-state index contributed by atoms with van der Waals surface area (Å²) in [5, 5.41) is 6.62. The number of rotatable bonds is 3. The molecule has 2 aromatic heterocycles. The lowest BCUT2D eigenvalue weighted by atomic mass is 10.3. The predicted molar refractivity (Wildman–Crippen MR) is 74.8 cm³/mol. The van der Waals surface area contributed by atoms with Gasteiger partial charge in [0, 0.05) is 6.54 Å². The standard InChI is InChI=1S/C14H13N3S/c15-10-11-9-13(14-7-4-8-18-14)17(16-11)12-5-2-1-3-6-12/h1-9H,10,15H2. The van der Waals surface area contributed by atoms with Gasteiger partial charge >= 0.3 is 0 Å². The van der Waals surface area contributed by atoms with Crippen LogP contribution in [-0.2, 0) is 6.54 Å². The molecule has 90 valence electrons. The third-order valence-corrected chi connectivity index (χ3v) is 3.64. The van der Waals surface area contributed by atoms with Crippen molar-refractivity contribution in [2.45, 2.75) is 6.54 Å². The second kappa shape index (κ2) is 4.76. The van der Waals surface area contributed by atoms with E-state index in [9.17, 15) is 0 Å². The molecule has 18 heavy (non-hydrogen) atoms. The second-order valence-electron chi connectivity index (χ2n) is 3.95. The van der Waals surface area contributed by atoms with E-state index in [1.165, 1.54) is 4.88 Å². The molecule has 2 heterocycles. The number of para-hydroxylation sites is 1. The van der Waals surface area contributed by atoms with Gasteiger partial charge in [0.25, 0.3) is 0 Å². The predicted octanol–water partition coefficient (Wildman–Crippen LogP) is 3.06. The van der Waals surface area contributed by atoms with Crippen molar-refractivity contribution in [1.29, 1.82) is 0 Å². The maximum Gasteiger partial charge on any atom is 0.0844 e. The van der Waals surface area contributed by atoms with Crippen molar-refractivity contribution < 1.29 is 0 Å². The van der Waals surface area contributed by atoms with E-state index < -0.39 is 0 Å². The second-order valence-corrected chi connectivity index (χ2v) is 4.90. The summed E-state index contributed by atoms with van der Waals surface area (Å²) in [5.41, 5.74) is 8.75. The lowest BCUT2D eigenvalue weighted by Gasteiger charge is -2.05. The highest BCUT2D eigenvalue weighted by Gasteiger charge is 2.11. The van der Waals surface area contributed by atoms with Gasteiger partial charge < -0.3 is 5.73 Å². The molecule has 0 saturated carbocycles. The van der Waals surface area contributed by atoms with Crippen LogP contribution in [0.4, 0.5) is 0 Å². The molecule has 0 aliphatic carbocycles. The Balaban J connectivity index is 2.17. The van der Waals surface area contributed by atoms with Crippen LogP contribution in [0.3, 0.4) is 0 Å². The molecular formula is C14H13N3S. The molecule has 0 unspecified atom stereocenters. The van der Waals surface area contributed by atoms with Crippen LogP contribution in [0.15, 0.2) is 53.9 Å². The average molecular weight is 255 g/mol. The number of nitrogens with two attached hydrogens (primary N) is 1. The van der Waals surface area contributed by atoms with Gasteiger partial charge in [0.15, 0.2) is 0 Å². The van der Waals surface area contributed by atoms with E-state index in [-0.39, 0.29) is 0 Å². The van der Waals surface area contributed by atoms with Crippen molar-refractivity contribution in [2.75, 3.05) is 0 Å². The molecule has 0 spiro atoms. The van der Waals surface area contributed by atoms with Crippen LogP contribution in [0.1, 0.15) is 5.69 Å². The molecule has 0 atom stereocenters. The van der Waals surface area contributed by atoms with Crippen LogP contribution in [0, 0.1) is 0 Å². The zero-order valence-electron chi connectivity index (χ0n) is 9.78. The monoisotopic (exact) mass is 255 g/mol. The van der Waals surface area contributed by atoms with E-state index in [1.807, 2.05) is 41.1 Å². The highest BCUT2D eigenvalue weighted by Crippen LogP contribution is 2.27. The van der Waals surface area contributed by atoms with Gasteiger partial charge in [-0.1, -0.05) is 24.3 Å². The van der Waals surface area contributed by atoms with E-state index in [0.29, 0.717) is 6.54 Å². The smallest absolute Gasteiger partial charge is 0.0844 e. The molecule has 3 aromatic rings. The third-order valence-electron chi connectivity index (χ3n) is 2.74. The van der Waals surface area contributed by atoms with Crippen LogP contribution < -0.4 is 5.73 Å². The van der Waals surface area contributed by atoms with Gasteiger partial charge in [-0.05, 0) is 29.6 Å². The minimum Gasteiger partial charge on any atom is -0.325 e. The van der Waals surface area contributed by atoms with Gasteiger partial charge in [-0.15, -0.1) is 11.3 Å². The summed E-state index contributed by atoms with van der Waals surface area (Å²) >= 11 is 1.71. The van der Waals surface area contributed by atoms with E-state index in [4.69, 9.17) is 5.73 Å². The summed E-state index contributed by atoms with van der Waals surface area (Å²) in [5.74, 6) is 0. The van der Waals surface area contributed by atoms with E-state index in [2.05, 4.69) is 22.6 Å². The van der Waals surface area contributed by atoms with Crippen LogP contribution in [0.2, 0.25) is 0 Å².